The minimum absolute atomic E-state index is 0.0517. The summed E-state index contributed by atoms with van der Waals surface area (Å²) >= 11 is 0. The third-order valence-corrected chi connectivity index (χ3v) is 17.1. The van der Waals surface area contributed by atoms with Crippen LogP contribution in [0.25, 0.3) is 0 Å². The molecule has 3 aliphatic heterocycles. The number of ether oxygens (including phenoxy) is 5. The Balaban J connectivity index is 1.22. The second kappa shape index (κ2) is 13.5. The number of aliphatic hydroxyl groups is 7. The van der Waals surface area contributed by atoms with E-state index in [4.69, 9.17) is 23.7 Å². The Kier molecular flexibility index (Phi) is 10.4. The molecule has 0 aromatic carbocycles. The lowest BCUT2D eigenvalue weighted by Gasteiger charge is -2.71. The van der Waals surface area contributed by atoms with Crippen LogP contribution in [0.5, 0.6) is 0 Å². The summed E-state index contributed by atoms with van der Waals surface area (Å²) in [7, 11) is 0. The minimum Gasteiger partial charge on any atom is -0.388 e. The highest BCUT2D eigenvalue weighted by Gasteiger charge is 2.73. The van der Waals surface area contributed by atoms with E-state index in [1.54, 1.807) is 6.92 Å². The van der Waals surface area contributed by atoms with Gasteiger partial charge in [0.2, 0.25) is 0 Å². The summed E-state index contributed by atoms with van der Waals surface area (Å²) in [5.74, 6) is 0.697. The molecule has 0 spiro atoms. The van der Waals surface area contributed by atoms with Crippen molar-refractivity contribution in [1.82, 2.24) is 0 Å². The summed E-state index contributed by atoms with van der Waals surface area (Å²) in [6, 6.07) is 0. The van der Waals surface area contributed by atoms with Gasteiger partial charge in [-0.2, -0.15) is 0 Å². The molecule has 20 atom stereocenters. The molecule has 3 unspecified atom stereocenters. The van der Waals surface area contributed by atoms with Crippen LogP contribution in [0.15, 0.2) is 0 Å². The van der Waals surface area contributed by atoms with Gasteiger partial charge in [0, 0.05) is 0 Å². The van der Waals surface area contributed by atoms with Gasteiger partial charge in [0.25, 0.3) is 0 Å². The summed E-state index contributed by atoms with van der Waals surface area (Å²) in [5.41, 5.74) is -2.06. The van der Waals surface area contributed by atoms with Gasteiger partial charge in [-0.25, -0.2) is 0 Å². The van der Waals surface area contributed by atoms with Crippen molar-refractivity contribution in [2.75, 3.05) is 6.61 Å². The zero-order valence-electron chi connectivity index (χ0n) is 33.5. The van der Waals surface area contributed by atoms with E-state index in [1.807, 2.05) is 13.8 Å². The maximum absolute atomic E-state index is 11.2. The fourth-order valence-electron chi connectivity index (χ4n) is 13.8. The molecule has 7 rings (SSSR count). The van der Waals surface area contributed by atoms with Crippen LogP contribution in [0, 0.1) is 45.3 Å². The van der Waals surface area contributed by atoms with Crippen LogP contribution in [-0.2, 0) is 23.7 Å². The van der Waals surface area contributed by atoms with E-state index in [0.717, 1.165) is 57.8 Å². The van der Waals surface area contributed by atoms with Crippen LogP contribution in [-0.4, -0.2) is 127 Å². The molecule has 3 heterocycles. The van der Waals surface area contributed by atoms with Gasteiger partial charge < -0.3 is 59.4 Å². The number of fused-ring (bicyclic) bond motifs is 5. The molecular weight excluding hydrogens is 684 g/mol. The lowest BCUT2D eigenvalue weighted by Crippen LogP contribution is -2.68. The summed E-state index contributed by atoms with van der Waals surface area (Å²) in [6.45, 7) is 19.4. The highest BCUT2D eigenvalue weighted by molar-refractivity contribution is 5.21. The summed E-state index contributed by atoms with van der Waals surface area (Å²) < 4.78 is 32.2. The van der Waals surface area contributed by atoms with Gasteiger partial charge >= 0.3 is 0 Å². The van der Waals surface area contributed by atoms with Crippen molar-refractivity contribution in [3.8, 4) is 0 Å². The fraction of sp³-hybridized carbons (Fsp3) is 1.00. The predicted molar refractivity (Wildman–Crippen MR) is 193 cm³/mol. The van der Waals surface area contributed by atoms with Crippen molar-refractivity contribution >= 4 is 0 Å². The molecule has 306 valence electrons. The molecule has 0 aromatic heterocycles. The van der Waals surface area contributed by atoms with E-state index in [2.05, 4.69) is 41.5 Å². The van der Waals surface area contributed by atoms with Crippen molar-refractivity contribution in [1.29, 1.82) is 0 Å². The summed E-state index contributed by atoms with van der Waals surface area (Å²) in [5, 5.41) is 74.7. The fourth-order valence-corrected chi connectivity index (χ4v) is 13.8. The van der Waals surface area contributed by atoms with E-state index in [9.17, 15) is 35.7 Å². The van der Waals surface area contributed by atoms with Gasteiger partial charge in [-0.3, -0.25) is 0 Å². The first-order valence-electron chi connectivity index (χ1n) is 20.6. The van der Waals surface area contributed by atoms with E-state index < -0.39 is 66.5 Å². The van der Waals surface area contributed by atoms with Crippen LogP contribution >= 0.6 is 0 Å². The van der Waals surface area contributed by atoms with E-state index in [0.29, 0.717) is 0 Å². The summed E-state index contributed by atoms with van der Waals surface area (Å²) in [6.07, 6.45) is -3.59. The van der Waals surface area contributed by atoms with Crippen LogP contribution < -0.4 is 0 Å². The zero-order chi connectivity index (χ0) is 38.8. The second-order valence-corrected chi connectivity index (χ2v) is 20.6. The first-order valence-corrected chi connectivity index (χ1v) is 20.6. The molecule has 7 fully saturated rings. The number of rotatable bonds is 6. The van der Waals surface area contributed by atoms with Crippen molar-refractivity contribution in [3.05, 3.63) is 0 Å². The van der Waals surface area contributed by atoms with Crippen molar-refractivity contribution < 1.29 is 59.4 Å². The lowest BCUT2D eigenvalue weighted by molar-refractivity contribution is -0.335. The average Bonchev–Trinajstić information content (AvgIpc) is 3.67. The van der Waals surface area contributed by atoms with Crippen LogP contribution in [0.2, 0.25) is 0 Å². The molecule has 4 saturated carbocycles. The molecule has 0 radical (unpaired) electrons. The quantitative estimate of drug-likeness (QED) is 0.197. The van der Waals surface area contributed by atoms with Gasteiger partial charge in [0.1, 0.15) is 36.6 Å². The Morgan fingerprint density at radius 2 is 1.34 bits per heavy atom. The summed E-state index contributed by atoms with van der Waals surface area (Å²) in [4.78, 5) is 0. The van der Waals surface area contributed by atoms with Crippen LogP contribution in [0.3, 0.4) is 0 Å². The van der Waals surface area contributed by atoms with Gasteiger partial charge in [-0.1, -0.05) is 34.6 Å². The van der Waals surface area contributed by atoms with Crippen molar-refractivity contribution in [2.45, 2.75) is 205 Å². The first-order chi connectivity index (χ1) is 24.5. The Morgan fingerprint density at radius 1 is 0.679 bits per heavy atom. The molecule has 4 aliphatic carbocycles. The molecule has 53 heavy (non-hydrogen) atoms. The van der Waals surface area contributed by atoms with Gasteiger partial charge in [-0.05, 0) is 131 Å². The van der Waals surface area contributed by atoms with E-state index in [1.165, 1.54) is 0 Å². The van der Waals surface area contributed by atoms with E-state index in [-0.39, 0.29) is 70.3 Å². The second-order valence-electron chi connectivity index (χ2n) is 20.6. The smallest absolute Gasteiger partial charge is 0.186 e. The molecular formula is C41H70O12. The Morgan fingerprint density at radius 3 is 2.00 bits per heavy atom. The lowest BCUT2D eigenvalue weighted by atomic mass is 9.35. The minimum atomic E-state index is -1.41. The molecule has 3 saturated heterocycles. The predicted octanol–water partition coefficient (Wildman–Crippen LogP) is 3.03. The average molecular weight is 755 g/mol. The highest BCUT2D eigenvalue weighted by Crippen LogP contribution is 2.76. The van der Waals surface area contributed by atoms with Gasteiger partial charge in [-0.15, -0.1) is 0 Å². The van der Waals surface area contributed by atoms with Crippen LogP contribution in [0.1, 0.15) is 120 Å². The Bertz CT molecular complexity index is 1340. The van der Waals surface area contributed by atoms with Crippen molar-refractivity contribution in [2.24, 2.45) is 45.3 Å². The molecule has 12 heteroatoms. The topological polar surface area (TPSA) is 188 Å². The molecule has 0 amide bonds. The maximum atomic E-state index is 11.2. The molecule has 0 aromatic rings. The first kappa shape index (κ1) is 40.7. The van der Waals surface area contributed by atoms with Crippen molar-refractivity contribution in [3.63, 3.8) is 0 Å². The van der Waals surface area contributed by atoms with Crippen LogP contribution in [0.4, 0.5) is 0 Å². The number of aliphatic hydroxyl groups excluding tert-OH is 6. The normalized spacial score (nSPS) is 57.1. The monoisotopic (exact) mass is 754 g/mol. The maximum Gasteiger partial charge on any atom is 0.186 e. The van der Waals surface area contributed by atoms with Gasteiger partial charge in [0.15, 0.2) is 12.6 Å². The number of hydrogen-bond donors (Lipinski definition) is 7. The SMILES string of the molecule is C[C@H]1O[C@@H](O[C@@H]2CC3[C@@]4(C)CC[C@@H](O[C@@H]5OC[C@H](O)[C@H](O)[C@H]5O)C(C)(C)C4CC[C@@]3(C)[C@]3(C)CC[C@H]([C@]4(C)CC[C@H](C(C)(C)O)O4)C23)[C@H](O)[C@@H](O)[C@@H]1O. The Hall–Kier alpha value is -0.480. The van der Waals surface area contributed by atoms with Gasteiger partial charge in [0.05, 0.1) is 42.2 Å². The molecule has 7 aliphatic rings. The third kappa shape index (κ3) is 6.22. The molecule has 0 bridgehead atoms. The zero-order valence-corrected chi connectivity index (χ0v) is 33.5. The molecule has 12 nitrogen and oxygen atoms in total. The number of hydrogen-bond acceptors (Lipinski definition) is 12. The van der Waals surface area contributed by atoms with E-state index >= 15 is 0 Å². The highest BCUT2D eigenvalue weighted by atomic mass is 16.7. The molecule has 7 N–H and O–H groups in total. The standard InChI is InChI=1S/C41H70O12/c1-20-29(43)31(45)33(47)35(50-20)51-23-18-25-38(6)14-12-26(52-34-32(46)30(44)22(42)19-49-34)36(2,3)24(38)11-16-39(25,7)40(8)15-10-21(28(23)40)41(9)17-13-27(53-41)37(4,5)48/h20-35,42-48H,10-19H2,1-9H3/t20-,21+,22+,23-,24?,25?,26-,27-,28?,29-,30+,31+,32-,33-,34+,35+,38+,39-,40-,41+/m1/s1. The largest absolute Gasteiger partial charge is 0.388 e. The third-order valence-electron chi connectivity index (χ3n) is 17.1. The Labute approximate surface area is 315 Å².